The number of nitrogens with two attached hydrogens (primary N) is 2. The molecule has 1 aliphatic rings. The fraction of sp³-hybridized carbons (Fsp3) is 0.412. The summed E-state index contributed by atoms with van der Waals surface area (Å²) < 4.78 is 29.2. The van der Waals surface area contributed by atoms with Gasteiger partial charge in [0.2, 0.25) is 5.95 Å². The predicted octanol–water partition coefficient (Wildman–Crippen LogP) is 2.00. The van der Waals surface area contributed by atoms with Gasteiger partial charge in [0.15, 0.2) is 11.5 Å². The summed E-state index contributed by atoms with van der Waals surface area (Å²) in [6.07, 6.45) is 3.88. The Morgan fingerprint density at radius 3 is 2.75 bits per heavy atom. The van der Waals surface area contributed by atoms with Gasteiger partial charge in [-0.1, -0.05) is 18.9 Å². The average molecular weight is 393 g/mol. The Balaban J connectivity index is 1.83. The van der Waals surface area contributed by atoms with E-state index in [2.05, 4.69) is 30.6 Å². The molecule has 0 unspecified atom stereocenters. The minimum absolute atomic E-state index is 0.00871. The number of halogens is 2. The summed E-state index contributed by atoms with van der Waals surface area (Å²) in [6, 6.07) is 5.78. The van der Waals surface area contributed by atoms with Crippen LogP contribution in [0.1, 0.15) is 36.2 Å². The largest absolute Gasteiger partial charge is 0.435 e. The van der Waals surface area contributed by atoms with Crippen molar-refractivity contribution >= 4 is 23.4 Å². The van der Waals surface area contributed by atoms with Crippen LogP contribution >= 0.6 is 0 Å². The van der Waals surface area contributed by atoms with Crippen LogP contribution in [0.2, 0.25) is 0 Å². The summed E-state index contributed by atoms with van der Waals surface area (Å²) in [7, 11) is 0. The standard InChI is InChI=1S/C17H21F2N7O2/c18-16(19)28-10-5-3-4-9(8-10)22-15-13(14(21)27)25-26-17(24-15)23-12-7-2-1-6-11(12)20/h3-5,8,11-12,16H,1-2,6-7,20H2,(H2,21,27)(H2,22,23,24,26)/t11-,12+/m0/s1. The minimum Gasteiger partial charge on any atom is -0.435 e. The molecule has 2 atom stereocenters. The van der Waals surface area contributed by atoms with Gasteiger partial charge in [-0.3, -0.25) is 4.79 Å². The molecule has 1 amide bonds. The van der Waals surface area contributed by atoms with Crippen LogP contribution in [-0.2, 0) is 0 Å². The number of ether oxygens (including phenoxy) is 1. The number of benzene rings is 1. The van der Waals surface area contributed by atoms with Crippen molar-refractivity contribution in [2.75, 3.05) is 10.6 Å². The Morgan fingerprint density at radius 2 is 2.04 bits per heavy atom. The number of carbonyl (C=O) groups is 1. The van der Waals surface area contributed by atoms with E-state index in [0.717, 1.165) is 25.7 Å². The smallest absolute Gasteiger partial charge is 0.387 e. The van der Waals surface area contributed by atoms with Crippen LogP contribution in [0.3, 0.4) is 0 Å². The Kier molecular flexibility index (Phi) is 6.14. The molecule has 1 saturated carbocycles. The summed E-state index contributed by atoms with van der Waals surface area (Å²) in [5.41, 5.74) is 11.6. The van der Waals surface area contributed by atoms with Crippen molar-refractivity contribution in [2.24, 2.45) is 11.5 Å². The van der Waals surface area contributed by atoms with Crippen LogP contribution in [0, 0.1) is 0 Å². The number of nitrogens with zero attached hydrogens (tertiary/aromatic N) is 3. The van der Waals surface area contributed by atoms with Crippen LogP contribution in [0.5, 0.6) is 5.75 Å². The van der Waals surface area contributed by atoms with Gasteiger partial charge in [0.1, 0.15) is 5.75 Å². The van der Waals surface area contributed by atoms with E-state index in [1.165, 1.54) is 18.2 Å². The fourth-order valence-electron chi connectivity index (χ4n) is 3.03. The van der Waals surface area contributed by atoms with E-state index >= 15 is 0 Å². The predicted molar refractivity (Wildman–Crippen MR) is 98.6 cm³/mol. The molecular formula is C17H21F2N7O2. The summed E-state index contributed by atoms with van der Waals surface area (Å²) in [4.78, 5) is 15.9. The summed E-state index contributed by atoms with van der Waals surface area (Å²) in [6.45, 7) is -2.95. The summed E-state index contributed by atoms with van der Waals surface area (Å²) in [5, 5.41) is 13.7. The quantitative estimate of drug-likeness (QED) is 0.560. The number of aromatic nitrogens is 3. The first-order valence-corrected chi connectivity index (χ1v) is 8.81. The second-order valence-electron chi connectivity index (χ2n) is 6.43. The van der Waals surface area contributed by atoms with Crippen molar-refractivity contribution in [2.45, 2.75) is 44.4 Å². The molecule has 1 aromatic carbocycles. The van der Waals surface area contributed by atoms with Crippen molar-refractivity contribution in [1.29, 1.82) is 0 Å². The highest BCUT2D eigenvalue weighted by Gasteiger charge is 2.23. The molecule has 1 aliphatic carbocycles. The lowest BCUT2D eigenvalue weighted by Gasteiger charge is -2.29. The highest BCUT2D eigenvalue weighted by Crippen LogP contribution is 2.24. The lowest BCUT2D eigenvalue weighted by Crippen LogP contribution is -2.43. The topological polar surface area (TPSA) is 141 Å². The fourth-order valence-corrected chi connectivity index (χ4v) is 3.03. The van der Waals surface area contributed by atoms with Crippen LogP contribution in [0.15, 0.2) is 24.3 Å². The van der Waals surface area contributed by atoms with Gasteiger partial charge < -0.3 is 26.8 Å². The van der Waals surface area contributed by atoms with E-state index in [4.69, 9.17) is 11.5 Å². The zero-order valence-electron chi connectivity index (χ0n) is 14.9. The molecule has 1 aromatic heterocycles. The first kappa shape index (κ1) is 19.7. The van der Waals surface area contributed by atoms with Gasteiger partial charge in [0.05, 0.1) is 0 Å². The number of rotatable bonds is 7. The number of alkyl halides is 2. The third-order valence-corrected chi connectivity index (χ3v) is 4.38. The average Bonchev–Trinajstić information content (AvgIpc) is 2.63. The van der Waals surface area contributed by atoms with Gasteiger partial charge in [-0.25, -0.2) is 0 Å². The van der Waals surface area contributed by atoms with E-state index in [-0.39, 0.29) is 35.3 Å². The number of carbonyl (C=O) groups excluding carboxylic acids is 1. The van der Waals surface area contributed by atoms with E-state index in [1.807, 2.05) is 0 Å². The molecule has 0 saturated heterocycles. The van der Waals surface area contributed by atoms with Gasteiger partial charge in [-0.2, -0.15) is 13.8 Å². The van der Waals surface area contributed by atoms with Crippen LogP contribution in [-0.4, -0.2) is 39.8 Å². The first-order valence-electron chi connectivity index (χ1n) is 8.81. The van der Waals surface area contributed by atoms with Crippen molar-refractivity contribution in [3.8, 4) is 5.75 Å². The molecule has 0 aliphatic heterocycles. The maximum Gasteiger partial charge on any atom is 0.387 e. The van der Waals surface area contributed by atoms with Gasteiger partial charge in [-0.05, 0) is 25.0 Å². The number of primary amides is 1. The monoisotopic (exact) mass is 393 g/mol. The molecule has 6 N–H and O–H groups in total. The third-order valence-electron chi connectivity index (χ3n) is 4.38. The molecule has 1 heterocycles. The molecule has 11 heteroatoms. The number of hydrogen-bond acceptors (Lipinski definition) is 8. The Morgan fingerprint density at radius 1 is 1.25 bits per heavy atom. The number of nitrogens with one attached hydrogen (secondary N) is 2. The van der Waals surface area contributed by atoms with Crippen LogP contribution in [0.25, 0.3) is 0 Å². The Hall–Kier alpha value is -3.08. The molecule has 3 rings (SSSR count). The first-order chi connectivity index (χ1) is 13.4. The van der Waals surface area contributed by atoms with Crippen LogP contribution in [0.4, 0.5) is 26.2 Å². The summed E-state index contributed by atoms with van der Waals surface area (Å²) in [5.74, 6) is -0.643. The molecule has 28 heavy (non-hydrogen) atoms. The maximum absolute atomic E-state index is 12.4. The van der Waals surface area contributed by atoms with E-state index in [0.29, 0.717) is 5.69 Å². The van der Waals surface area contributed by atoms with Crippen molar-refractivity contribution in [3.63, 3.8) is 0 Å². The van der Waals surface area contributed by atoms with Crippen LogP contribution < -0.4 is 26.8 Å². The molecule has 0 spiro atoms. The van der Waals surface area contributed by atoms with Crippen molar-refractivity contribution in [1.82, 2.24) is 15.2 Å². The van der Waals surface area contributed by atoms with Crippen molar-refractivity contribution < 1.29 is 18.3 Å². The highest BCUT2D eigenvalue weighted by atomic mass is 19.3. The van der Waals surface area contributed by atoms with Gasteiger partial charge in [-0.15, -0.1) is 10.2 Å². The zero-order chi connectivity index (χ0) is 20.1. The Labute approximate surface area is 159 Å². The summed E-state index contributed by atoms with van der Waals surface area (Å²) >= 11 is 0. The van der Waals surface area contributed by atoms with E-state index < -0.39 is 12.5 Å². The molecule has 0 radical (unpaired) electrons. The normalized spacial score (nSPS) is 19.3. The van der Waals surface area contributed by atoms with E-state index in [1.54, 1.807) is 6.07 Å². The molecule has 150 valence electrons. The number of anilines is 3. The van der Waals surface area contributed by atoms with Gasteiger partial charge >= 0.3 is 6.61 Å². The molecule has 9 nitrogen and oxygen atoms in total. The third kappa shape index (κ3) is 5.00. The van der Waals surface area contributed by atoms with Gasteiger partial charge in [0.25, 0.3) is 5.91 Å². The van der Waals surface area contributed by atoms with Crippen molar-refractivity contribution in [3.05, 3.63) is 30.0 Å². The molecular weight excluding hydrogens is 372 g/mol. The van der Waals surface area contributed by atoms with E-state index in [9.17, 15) is 13.6 Å². The molecule has 0 bridgehead atoms. The second kappa shape index (κ2) is 8.74. The zero-order valence-corrected chi connectivity index (χ0v) is 14.9. The molecule has 1 fully saturated rings. The highest BCUT2D eigenvalue weighted by molar-refractivity contribution is 5.96. The number of amides is 1. The lowest BCUT2D eigenvalue weighted by atomic mass is 9.91. The SMILES string of the molecule is NC(=O)c1nnc(N[C@@H]2CCCC[C@@H]2N)nc1Nc1cccc(OC(F)F)c1. The molecule has 2 aromatic rings. The minimum atomic E-state index is -2.95. The maximum atomic E-state index is 12.4. The Bertz CT molecular complexity index is 837. The second-order valence-corrected chi connectivity index (χ2v) is 6.43. The number of hydrogen-bond donors (Lipinski definition) is 4. The van der Waals surface area contributed by atoms with Gasteiger partial charge in [0, 0.05) is 23.8 Å². The lowest BCUT2D eigenvalue weighted by molar-refractivity contribution is -0.0498.